The fourth-order valence-corrected chi connectivity index (χ4v) is 1.97. The van der Waals surface area contributed by atoms with Gasteiger partial charge in [-0.15, -0.1) is 0 Å². The number of nitrogens with one attached hydrogen (secondary N) is 2. The molecule has 1 aromatic heterocycles. The van der Waals surface area contributed by atoms with E-state index in [0.29, 0.717) is 29.4 Å². The molecule has 0 unspecified atom stereocenters. The van der Waals surface area contributed by atoms with Gasteiger partial charge in [-0.05, 0) is 18.2 Å². The molecule has 0 saturated carbocycles. The Kier molecular flexibility index (Phi) is 4.57. The van der Waals surface area contributed by atoms with Crippen LogP contribution in [0.25, 0.3) is 0 Å². The average molecular weight is 294 g/mol. The average Bonchev–Trinajstić information content (AvgIpc) is 2.89. The number of aryl methyl sites for hydroxylation is 1. The van der Waals surface area contributed by atoms with Crippen molar-refractivity contribution in [2.24, 2.45) is 0 Å². The lowest BCUT2D eigenvalue weighted by Crippen LogP contribution is -2.17. The number of carbonyl (C=O) groups is 1. The molecule has 0 aliphatic carbocycles. The Labute approximate surface area is 122 Å². The van der Waals surface area contributed by atoms with Gasteiger partial charge in [0.15, 0.2) is 0 Å². The summed E-state index contributed by atoms with van der Waals surface area (Å²) in [4.78, 5) is 17.9. The second kappa shape index (κ2) is 6.38. The van der Waals surface area contributed by atoms with E-state index in [1.165, 1.54) is 6.33 Å². The number of nitrogens with zero attached hydrogens (tertiary/aromatic N) is 3. The van der Waals surface area contributed by atoms with Crippen LogP contribution in [-0.2, 0) is 11.2 Å². The Hall–Kier alpha value is -2.08. The van der Waals surface area contributed by atoms with Crippen LogP contribution in [-0.4, -0.2) is 35.2 Å². The van der Waals surface area contributed by atoms with E-state index in [0.717, 1.165) is 5.69 Å². The van der Waals surface area contributed by atoms with E-state index in [1.807, 2.05) is 25.1 Å². The summed E-state index contributed by atoms with van der Waals surface area (Å²) in [7, 11) is 3.82. The first-order chi connectivity index (χ1) is 9.56. The first-order valence-corrected chi connectivity index (χ1v) is 6.55. The van der Waals surface area contributed by atoms with Crippen LogP contribution in [0.4, 0.5) is 11.4 Å². The molecule has 0 atom stereocenters. The molecule has 0 aliphatic rings. The van der Waals surface area contributed by atoms with Gasteiger partial charge in [0.05, 0.1) is 11.4 Å². The third-order valence-electron chi connectivity index (χ3n) is 2.77. The number of H-pyrrole nitrogens is 1. The summed E-state index contributed by atoms with van der Waals surface area (Å²) in [5.41, 5.74) is 1.60. The highest BCUT2D eigenvalue weighted by Crippen LogP contribution is 2.27. The van der Waals surface area contributed by atoms with E-state index in [1.54, 1.807) is 12.1 Å². The highest BCUT2D eigenvalue weighted by atomic mass is 35.5. The van der Waals surface area contributed by atoms with E-state index in [2.05, 4.69) is 20.5 Å². The lowest BCUT2D eigenvalue weighted by Gasteiger charge is -2.18. The molecule has 1 heterocycles. The summed E-state index contributed by atoms with van der Waals surface area (Å²) in [6.07, 6.45) is 2.27. The molecule has 0 fully saturated rings. The molecule has 0 bridgehead atoms. The molecule has 0 radical (unpaired) electrons. The molecule has 0 spiro atoms. The normalized spacial score (nSPS) is 10.3. The number of rotatable bonds is 5. The predicted molar refractivity (Wildman–Crippen MR) is 79.1 cm³/mol. The van der Waals surface area contributed by atoms with Gasteiger partial charge in [-0.25, -0.2) is 4.98 Å². The van der Waals surface area contributed by atoms with E-state index in [4.69, 9.17) is 11.6 Å². The number of benzene rings is 1. The van der Waals surface area contributed by atoms with Gasteiger partial charge in [0.25, 0.3) is 0 Å². The van der Waals surface area contributed by atoms with Gasteiger partial charge in [-0.1, -0.05) is 11.6 Å². The summed E-state index contributed by atoms with van der Waals surface area (Å²) in [6.45, 7) is 0. The van der Waals surface area contributed by atoms with Crippen LogP contribution in [0.15, 0.2) is 24.5 Å². The van der Waals surface area contributed by atoms with Gasteiger partial charge in [-0.2, -0.15) is 5.10 Å². The van der Waals surface area contributed by atoms with Gasteiger partial charge in [0.2, 0.25) is 5.91 Å². The molecule has 1 amide bonds. The zero-order chi connectivity index (χ0) is 14.5. The largest absolute Gasteiger partial charge is 0.376 e. The number of halogens is 1. The molecule has 2 N–H and O–H groups in total. The van der Waals surface area contributed by atoms with Gasteiger partial charge >= 0.3 is 0 Å². The molecular formula is C13H16ClN5O. The molecule has 20 heavy (non-hydrogen) atoms. The Morgan fingerprint density at radius 2 is 2.25 bits per heavy atom. The summed E-state index contributed by atoms with van der Waals surface area (Å²) >= 11 is 5.97. The molecule has 7 heteroatoms. The zero-order valence-electron chi connectivity index (χ0n) is 11.4. The molecule has 0 saturated heterocycles. The number of hydrogen-bond acceptors (Lipinski definition) is 4. The van der Waals surface area contributed by atoms with Crippen LogP contribution in [0.3, 0.4) is 0 Å². The van der Waals surface area contributed by atoms with E-state index in [9.17, 15) is 4.79 Å². The lowest BCUT2D eigenvalue weighted by molar-refractivity contribution is -0.116. The monoisotopic (exact) mass is 293 g/mol. The van der Waals surface area contributed by atoms with Crippen molar-refractivity contribution in [3.8, 4) is 0 Å². The molecule has 6 nitrogen and oxygen atoms in total. The molecule has 0 aliphatic heterocycles. The number of anilines is 2. The molecule has 2 aromatic rings. The third-order valence-corrected chi connectivity index (χ3v) is 3.00. The topological polar surface area (TPSA) is 73.9 Å². The summed E-state index contributed by atoms with van der Waals surface area (Å²) < 4.78 is 0. The van der Waals surface area contributed by atoms with Gasteiger partial charge in [0.1, 0.15) is 12.2 Å². The van der Waals surface area contributed by atoms with Crippen molar-refractivity contribution in [1.82, 2.24) is 15.2 Å². The second-order valence-corrected chi connectivity index (χ2v) is 4.97. The minimum Gasteiger partial charge on any atom is -0.376 e. The van der Waals surface area contributed by atoms with Crippen molar-refractivity contribution in [1.29, 1.82) is 0 Å². The Morgan fingerprint density at radius 1 is 1.45 bits per heavy atom. The maximum atomic E-state index is 12.0. The summed E-state index contributed by atoms with van der Waals surface area (Å²) in [6, 6.07) is 5.40. The van der Waals surface area contributed by atoms with Crippen molar-refractivity contribution in [2.45, 2.75) is 12.8 Å². The van der Waals surface area contributed by atoms with E-state index >= 15 is 0 Å². The van der Waals surface area contributed by atoms with Crippen LogP contribution in [0, 0.1) is 0 Å². The fourth-order valence-electron chi connectivity index (χ4n) is 1.79. The molecule has 1 aromatic carbocycles. The van der Waals surface area contributed by atoms with Crippen LogP contribution >= 0.6 is 11.6 Å². The van der Waals surface area contributed by atoms with Crippen LogP contribution in [0.5, 0.6) is 0 Å². The highest BCUT2D eigenvalue weighted by Gasteiger charge is 2.10. The maximum absolute atomic E-state index is 12.0. The first-order valence-electron chi connectivity index (χ1n) is 6.17. The lowest BCUT2D eigenvalue weighted by atomic mass is 10.2. The molecule has 2 rings (SSSR count). The van der Waals surface area contributed by atoms with Gasteiger partial charge in [0, 0.05) is 32.0 Å². The highest BCUT2D eigenvalue weighted by molar-refractivity contribution is 6.31. The standard InChI is InChI=1S/C13H16ClN5O/c1-19(2)11-4-3-9(14)7-10(11)17-13(20)6-5-12-15-8-16-18-12/h3-4,7-8H,5-6H2,1-2H3,(H,17,20)(H,15,16,18). The maximum Gasteiger partial charge on any atom is 0.224 e. The molecular weight excluding hydrogens is 278 g/mol. The Morgan fingerprint density at radius 3 is 2.90 bits per heavy atom. The minimum atomic E-state index is -0.0910. The Bertz CT molecular complexity index is 582. The predicted octanol–water partition coefficient (Wildman–Crippen LogP) is 2.10. The van der Waals surface area contributed by atoms with Crippen LogP contribution in [0.1, 0.15) is 12.2 Å². The van der Waals surface area contributed by atoms with Gasteiger partial charge in [-0.3, -0.25) is 9.89 Å². The SMILES string of the molecule is CN(C)c1ccc(Cl)cc1NC(=O)CCc1ncn[nH]1. The quantitative estimate of drug-likeness (QED) is 0.885. The van der Waals surface area contributed by atoms with Crippen molar-refractivity contribution in [3.63, 3.8) is 0 Å². The van der Waals surface area contributed by atoms with E-state index in [-0.39, 0.29) is 5.91 Å². The van der Waals surface area contributed by atoms with Crippen molar-refractivity contribution >= 4 is 28.9 Å². The smallest absolute Gasteiger partial charge is 0.224 e. The minimum absolute atomic E-state index is 0.0910. The van der Waals surface area contributed by atoms with Crippen LogP contribution < -0.4 is 10.2 Å². The third kappa shape index (κ3) is 3.71. The second-order valence-electron chi connectivity index (χ2n) is 4.54. The molecule has 106 valence electrons. The summed E-state index contributed by atoms with van der Waals surface area (Å²) in [5.74, 6) is 0.603. The number of aromatic amines is 1. The number of amides is 1. The fraction of sp³-hybridized carbons (Fsp3) is 0.308. The van der Waals surface area contributed by atoms with Crippen LogP contribution in [0.2, 0.25) is 5.02 Å². The summed E-state index contributed by atoms with van der Waals surface area (Å²) in [5, 5.41) is 9.92. The zero-order valence-corrected chi connectivity index (χ0v) is 12.1. The van der Waals surface area contributed by atoms with E-state index < -0.39 is 0 Å². The number of hydrogen-bond donors (Lipinski definition) is 2. The number of aromatic nitrogens is 3. The first kappa shape index (κ1) is 14.3. The van der Waals surface area contributed by atoms with Crippen molar-refractivity contribution in [3.05, 3.63) is 35.4 Å². The Balaban J connectivity index is 2.01. The van der Waals surface area contributed by atoms with Crippen molar-refractivity contribution < 1.29 is 4.79 Å². The number of carbonyl (C=O) groups excluding carboxylic acids is 1. The van der Waals surface area contributed by atoms with Gasteiger partial charge < -0.3 is 10.2 Å². The van der Waals surface area contributed by atoms with Crippen molar-refractivity contribution in [2.75, 3.05) is 24.3 Å².